The Labute approximate surface area is 123 Å². The highest BCUT2D eigenvalue weighted by atomic mass is 16.1. The van der Waals surface area contributed by atoms with Crippen molar-refractivity contribution < 1.29 is 0 Å². The Morgan fingerprint density at radius 1 is 1.52 bits per heavy atom. The molecule has 1 atom stereocenters. The van der Waals surface area contributed by atoms with E-state index in [1.54, 1.807) is 0 Å². The van der Waals surface area contributed by atoms with Gasteiger partial charge in [0, 0.05) is 31.2 Å². The Bertz CT molecular complexity index is 688. The monoisotopic (exact) mass is 290 g/mol. The van der Waals surface area contributed by atoms with Crippen LogP contribution in [-0.4, -0.2) is 44.8 Å². The second-order valence-electron chi connectivity index (χ2n) is 5.94. The zero-order valence-electron chi connectivity index (χ0n) is 12.8. The molecule has 0 aliphatic carbocycles. The largest absolute Gasteiger partial charge is 0.352 e. The molecule has 21 heavy (non-hydrogen) atoms. The predicted octanol–water partition coefficient (Wildman–Crippen LogP) is 0.693. The SMILES string of the molecule is Cc1nc(N2CCCC2CNC(C)C)cc2n[nH]c(=O)n12. The van der Waals surface area contributed by atoms with Crippen molar-refractivity contribution >= 4 is 11.5 Å². The molecule has 0 spiro atoms. The lowest BCUT2D eigenvalue weighted by Crippen LogP contribution is -2.40. The lowest BCUT2D eigenvalue weighted by Gasteiger charge is -2.27. The fraction of sp³-hybridized carbons (Fsp3) is 0.643. The maximum Gasteiger partial charge on any atom is 0.349 e. The Morgan fingerprint density at radius 3 is 3.10 bits per heavy atom. The minimum atomic E-state index is -0.235. The molecule has 1 unspecified atom stereocenters. The summed E-state index contributed by atoms with van der Waals surface area (Å²) in [7, 11) is 0. The first kappa shape index (κ1) is 14.1. The average Bonchev–Trinajstić information content (AvgIpc) is 3.03. The Hall–Kier alpha value is -1.89. The van der Waals surface area contributed by atoms with Gasteiger partial charge in [0.2, 0.25) is 0 Å². The van der Waals surface area contributed by atoms with Gasteiger partial charge < -0.3 is 10.2 Å². The highest BCUT2D eigenvalue weighted by Crippen LogP contribution is 2.24. The molecule has 1 aliphatic heterocycles. The molecule has 2 aromatic rings. The van der Waals surface area contributed by atoms with Crippen molar-refractivity contribution in [3.63, 3.8) is 0 Å². The topological polar surface area (TPSA) is 78.3 Å². The minimum absolute atomic E-state index is 0.235. The third-order valence-electron chi connectivity index (χ3n) is 3.99. The first-order valence-electron chi connectivity index (χ1n) is 7.51. The minimum Gasteiger partial charge on any atom is -0.352 e. The lowest BCUT2D eigenvalue weighted by molar-refractivity contribution is 0.522. The molecule has 0 radical (unpaired) electrons. The number of rotatable bonds is 4. The number of nitrogens with zero attached hydrogens (tertiary/aromatic N) is 4. The van der Waals surface area contributed by atoms with E-state index >= 15 is 0 Å². The number of aromatic amines is 1. The Balaban J connectivity index is 1.90. The molecule has 0 bridgehead atoms. The second kappa shape index (κ2) is 5.48. The smallest absolute Gasteiger partial charge is 0.349 e. The van der Waals surface area contributed by atoms with Crippen LogP contribution in [0, 0.1) is 6.92 Å². The van der Waals surface area contributed by atoms with Crippen LogP contribution in [-0.2, 0) is 0 Å². The summed E-state index contributed by atoms with van der Waals surface area (Å²) in [5, 5.41) is 10.0. The van der Waals surface area contributed by atoms with Crippen molar-refractivity contribution in [3.05, 3.63) is 22.4 Å². The van der Waals surface area contributed by atoms with E-state index in [1.807, 2.05) is 13.0 Å². The third kappa shape index (κ3) is 2.65. The highest BCUT2D eigenvalue weighted by Gasteiger charge is 2.26. The van der Waals surface area contributed by atoms with Crippen LogP contribution in [0.5, 0.6) is 0 Å². The van der Waals surface area contributed by atoms with E-state index < -0.39 is 0 Å². The number of anilines is 1. The first-order chi connectivity index (χ1) is 10.1. The first-order valence-corrected chi connectivity index (χ1v) is 7.51. The molecule has 2 aromatic heterocycles. The van der Waals surface area contributed by atoms with Gasteiger partial charge in [0.05, 0.1) is 0 Å². The maximum atomic E-state index is 11.7. The van der Waals surface area contributed by atoms with Crippen LogP contribution in [0.25, 0.3) is 5.65 Å². The van der Waals surface area contributed by atoms with Crippen molar-refractivity contribution in [2.75, 3.05) is 18.0 Å². The van der Waals surface area contributed by atoms with Crippen LogP contribution in [0.15, 0.2) is 10.9 Å². The molecule has 1 saturated heterocycles. The van der Waals surface area contributed by atoms with E-state index in [-0.39, 0.29) is 5.69 Å². The van der Waals surface area contributed by atoms with Crippen LogP contribution < -0.4 is 15.9 Å². The molecule has 1 aliphatic rings. The van der Waals surface area contributed by atoms with Crippen LogP contribution >= 0.6 is 0 Å². The lowest BCUT2D eigenvalue weighted by atomic mass is 10.2. The average molecular weight is 290 g/mol. The normalized spacial score (nSPS) is 19.0. The summed E-state index contributed by atoms with van der Waals surface area (Å²) < 4.78 is 1.50. The van der Waals surface area contributed by atoms with Crippen LogP contribution in [0.3, 0.4) is 0 Å². The van der Waals surface area contributed by atoms with Crippen LogP contribution in [0.2, 0.25) is 0 Å². The zero-order chi connectivity index (χ0) is 15.0. The molecule has 3 heterocycles. The zero-order valence-corrected chi connectivity index (χ0v) is 12.8. The van der Waals surface area contributed by atoms with Gasteiger partial charge in [-0.3, -0.25) is 0 Å². The van der Waals surface area contributed by atoms with Gasteiger partial charge in [-0.25, -0.2) is 19.3 Å². The van der Waals surface area contributed by atoms with Gasteiger partial charge in [-0.15, -0.1) is 0 Å². The molecular formula is C14H22N6O. The van der Waals surface area contributed by atoms with E-state index in [9.17, 15) is 4.79 Å². The van der Waals surface area contributed by atoms with Crippen LogP contribution in [0.4, 0.5) is 5.82 Å². The Morgan fingerprint density at radius 2 is 2.33 bits per heavy atom. The van der Waals surface area contributed by atoms with E-state index in [1.165, 1.54) is 17.2 Å². The number of nitrogens with one attached hydrogen (secondary N) is 2. The van der Waals surface area contributed by atoms with Gasteiger partial charge in [-0.05, 0) is 19.8 Å². The van der Waals surface area contributed by atoms with E-state index in [0.29, 0.717) is 23.6 Å². The van der Waals surface area contributed by atoms with Gasteiger partial charge in [0.25, 0.3) is 0 Å². The van der Waals surface area contributed by atoms with Crippen molar-refractivity contribution in [2.24, 2.45) is 0 Å². The third-order valence-corrected chi connectivity index (χ3v) is 3.99. The number of hydrogen-bond donors (Lipinski definition) is 2. The fourth-order valence-corrected chi connectivity index (χ4v) is 2.95. The van der Waals surface area contributed by atoms with Crippen molar-refractivity contribution in [1.82, 2.24) is 24.9 Å². The van der Waals surface area contributed by atoms with E-state index in [2.05, 4.69) is 39.2 Å². The summed E-state index contributed by atoms with van der Waals surface area (Å²) in [6, 6.07) is 2.82. The van der Waals surface area contributed by atoms with Gasteiger partial charge in [0.15, 0.2) is 5.65 Å². The van der Waals surface area contributed by atoms with E-state index in [4.69, 9.17) is 0 Å². The van der Waals surface area contributed by atoms with Gasteiger partial charge in [-0.1, -0.05) is 13.8 Å². The molecule has 0 aromatic carbocycles. The molecule has 1 fully saturated rings. The molecular weight excluding hydrogens is 268 g/mol. The molecule has 2 N–H and O–H groups in total. The van der Waals surface area contributed by atoms with Gasteiger partial charge in [-0.2, -0.15) is 5.10 Å². The molecule has 0 amide bonds. The summed E-state index contributed by atoms with van der Waals surface area (Å²) in [4.78, 5) is 18.6. The highest BCUT2D eigenvalue weighted by molar-refractivity contribution is 5.52. The fourth-order valence-electron chi connectivity index (χ4n) is 2.95. The second-order valence-corrected chi connectivity index (χ2v) is 5.94. The van der Waals surface area contributed by atoms with Crippen molar-refractivity contribution in [3.8, 4) is 0 Å². The molecule has 114 valence electrons. The van der Waals surface area contributed by atoms with E-state index in [0.717, 1.165) is 18.9 Å². The Kier molecular flexibility index (Phi) is 3.67. The van der Waals surface area contributed by atoms with Crippen molar-refractivity contribution in [2.45, 2.75) is 45.7 Å². The standard InChI is InChI=1S/C14H22N6O/c1-9(2)15-8-11-5-4-6-19(11)12-7-13-17-18-14(21)20(13)10(3)16-12/h7,9,11,15H,4-6,8H2,1-3H3,(H,18,21). The van der Waals surface area contributed by atoms with Crippen LogP contribution in [0.1, 0.15) is 32.5 Å². The van der Waals surface area contributed by atoms with Crippen molar-refractivity contribution in [1.29, 1.82) is 0 Å². The summed E-state index contributed by atoms with van der Waals surface area (Å²) in [5.41, 5.74) is 0.394. The number of H-pyrrole nitrogens is 1. The molecule has 3 rings (SSSR count). The van der Waals surface area contributed by atoms with Gasteiger partial charge in [0.1, 0.15) is 11.6 Å². The summed E-state index contributed by atoms with van der Waals surface area (Å²) in [5.74, 6) is 1.58. The number of aryl methyl sites for hydroxylation is 1. The molecule has 7 heteroatoms. The molecule has 0 saturated carbocycles. The number of fused-ring (bicyclic) bond motifs is 1. The maximum absolute atomic E-state index is 11.7. The number of hydrogen-bond acceptors (Lipinski definition) is 5. The predicted molar refractivity (Wildman–Crippen MR) is 81.9 cm³/mol. The summed E-state index contributed by atoms with van der Waals surface area (Å²) >= 11 is 0. The number of aromatic nitrogens is 4. The quantitative estimate of drug-likeness (QED) is 0.866. The summed E-state index contributed by atoms with van der Waals surface area (Å²) in [6.07, 6.45) is 2.34. The summed E-state index contributed by atoms with van der Waals surface area (Å²) in [6.45, 7) is 8.11. The molecule has 7 nitrogen and oxygen atoms in total. The van der Waals surface area contributed by atoms with Gasteiger partial charge >= 0.3 is 5.69 Å².